The van der Waals surface area contributed by atoms with Crippen LogP contribution in [0.2, 0.25) is 0 Å². The van der Waals surface area contributed by atoms with E-state index >= 15 is 0 Å². The fourth-order valence-electron chi connectivity index (χ4n) is 1.84. The quantitative estimate of drug-likeness (QED) is 0.670. The summed E-state index contributed by atoms with van der Waals surface area (Å²) >= 11 is 0. The predicted octanol–water partition coefficient (Wildman–Crippen LogP) is 1.07. The number of aliphatic hydroxyl groups excluding tert-OH is 1. The molecule has 124 valence electrons. The largest absolute Gasteiger partial charge is 0.573 e. The first-order valence-electron chi connectivity index (χ1n) is 6.71. The molecule has 8 heteroatoms. The highest BCUT2D eigenvalue weighted by atomic mass is 19.4. The Bertz CT molecular complexity index is 463. The second-order valence-electron chi connectivity index (χ2n) is 4.78. The Morgan fingerprint density at radius 3 is 2.45 bits per heavy atom. The van der Waals surface area contributed by atoms with Gasteiger partial charge in [-0.3, -0.25) is 4.79 Å². The van der Waals surface area contributed by atoms with Crippen molar-refractivity contribution in [1.82, 2.24) is 10.6 Å². The monoisotopic (exact) mass is 320 g/mol. The molecule has 0 aliphatic heterocycles. The van der Waals surface area contributed by atoms with Gasteiger partial charge in [0.15, 0.2) is 0 Å². The number of likely N-dealkylation sites (N-methyl/N-ethyl adjacent to an activating group) is 1. The summed E-state index contributed by atoms with van der Waals surface area (Å²) in [6.07, 6.45) is -4.28. The SMILES string of the molecule is CNCC(=O)NCC(CO)Cc1ccc(OC(F)(F)F)cc1. The summed E-state index contributed by atoms with van der Waals surface area (Å²) < 4.78 is 39.9. The standard InChI is InChI=1S/C14H19F3N2O3/c1-18-8-13(21)19-7-11(9-20)6-10-2-4-12(5-3-10)22-14(15,16)17/h2-5,11,18,20H,6-9H2,1H3,(H,19,21). The first-order valence-corrected chi connectivity index (χ1v) is 6.71. The van der Waals surface area contributed by atoms with Crippen molar-refractivity contribution in [3.63, 3.8) is 0 Å². The number of amides is 1. The third-order valence-electron chi connectivity index (χ3n) is 2.86. The first kappa shape index (κ1) is 18.2. The van der Waals surface area contributed by atoms with E-state index in [1.807, 2.05) is 0 Å². The van der Waals surface area contributed by atoms with Crippen LogP contribution in [0.1, 0.15) is 5.56 Å². The lowest BCUT2D eigenvalue weighted by molar-refractivity contribution is -0.274. The Balaban J connectivity index is 2.51. The minimum absolute atomic E-state index is 0.138. The van der Waals surface area contributed by atoms with E-state index in [9.17, 15) is 23.1 Å². The number of alkyl halides is 3. The molecule has 0 aliphatic carbocycles. The number of nitrogens with one attached hydrogen (secondary N) is 2. The Kier molecular flexibility index (Phi) is 7.13. The summed E-state index contributed by atoms with van der Waals surface area (Å²) in [5.41, 5.74) is 0.747. The molecule has 3 N–H and O–H groups in total. The predicted molar refractivity (Wildman–Crippen MR) is 74.3 cm³/mol. The minimum atomic E-state index is -4.72. The summed E-state index contributed by atoms with van der Waals surface area (Å²) in [4.78, 5) is 11.3. The molecule has 1 amide bonds. The van der Waals surface area contributed by atoms with Crippen molar-refractivity contribution in [1.29, 1.82) is 0 Å². The lowest BCUT2D eigenvalue weighted by Crippen LogP contribution is -2.36. The second-order valence-corrected chi connectivity index (χ2v) is 4.78. The van der Waals surface area contributed by atoms with Gasteiger partial charge >= 0.3 is 6.36 Å². The van der Waals surface area contributed by atoms with Crippen LogP contribution < -0.4 is 15.4 Å². The molecule has 22 heavy (non-hydrogen) atoms. The normalized spacial score (nSPS) is 12.8. The van der Waals surface area contributed by atoms with Gasteiger partial charge in [-0.15, -0.1) is 13.2 Å². The molecule has 0 spiro atoms. The van der Waals surface area contributed by atoms with E-state index in [0.717, 1.165) is 5.56 Å². The van der Waals surface area contributed by atoms with Crippen LogP contribution in [0.3, 0.4) is 0 Å². The van der Waals surface area contributed by atoms with Gasteiger partial charge in [-0.05, 0) is 31.2 Å². The maximum absolute atomic E-state index is 12.0. The molecule has 0 saturated heterocycles. The molecule has 1 aromatic carbocycles. The molecular weight excluding hydrogens is 301 g/mol. The Hall–Kier alpha value is -1.80. The fraction of sp³-hybridized carbons (Fsp3) is 0.500. The van der Waals surface area contributed by atoms with Crippen molar-refractivity contribution in [2.45, 2.75) is 12.8 Å². The molecule has 0 aliphatic rings. The molecular formula is C14H19F3N2O3. The Morgan fingerprint density at radius 2 is 1.95 bits per heavy atom. The molecule has 1 rings (SSSR count). The van der Waals surface area contributed by atoms with Gasteiger partial charge in [0.1, 0.15) is 5.75 Å². The maximum Gasteiger partial charge on any atom is 0.573 e. The lowest BCUT2D eigenvalue weighted by Gasteiger charge is -2.15. The maximum atomic E-state index is 12.0. The average molecular weight is 320 g/mol. The zero-order valence-corrected chi connectivity index (χ0v) is 12.1. The van der Waals surface area contributed by atoms with Crippen LogP contribution in [-0.4, -0.2) is 44.1 Å². The van der Waals surface area contributed by atoms with Crippen molar-refractivity contribution in [3.8, 4) is 5.75 Å². The molecule has 0 fully saturated rings. The highest BCUT2D eigenvalue weighted by molar-refractivity contribution is 5.77. The fourth-order valence-corrected chi connectivity index (χ4v) is 1.84. The topological polar surface area (TPSA) is 70.6 Å². The zero-order chi connectivity index (χ0) is 16.6. The Morgan fingerprint density at radius 1 is 1.32 bits per heavy atom. The van der Waals surface area contributed by atoms with Crippen molar-refractivity contribution < 1.29 is 27.8 Å². The summed E-state index contributed by atoms with van der Waals surface area (Å²) in [5, 5.41) is 14.7. The van der Waals surface area contributed by atoms with E-state index in [2.05, 4.69) is 15.4 Å². The van der Waals surface area contributed by atoms with Crippen molar-refractivity contribution in [3.05, 3.63) is 29.8 Å². The highest BCUT2D eigenvalue weighted by Gasteiger charge is 2.30. The van der Waals surface area contributed by atoms with Crippen LogP contribution in [0, 0.1) is 5.92 Å². The number of aliphatic hydroxyl groups is 1. The molecule has 1 aromatic rings. The van der Waals surface area contributed by atoms with Crippen LogP contribution in [0.15, 0.2) is 24.3 Å². The van der Waals surface area contributed by atoms with Crippen molar-refractivity contribution >= 4 is 5.91 Å². The molecule has 0 saturated carbocycles. The molecule has 0 aromatic heterocycles. The third-order valence-corrected chi connectivity index (χ3v) is 2.86. The van der Waals surface area contributed by atoms with Gasteiger partial charge in [-0.1, -0.05) is 12.1 Å². The van der Waals surface area contributed by atoms with Crippen LogP contribution in [0.5, 0.6) is 5.75 Å². The van der Waals surface area contributed by atoms with Gasteiger partial charge in [-0.25, -0.2) is 0 Å². The van der Waals surface area contributed by atoms with E-state index in [4.69, 9.17) is 0 Å². The molecule has 1 unspecified atom stereocenters. The van der Waals surface area contributed by atoms with Crippen LogP contribution in [-0.2, 0) is 11.2 Å². The van der Waals surface area contributed by atoms with Crippen molar-refractivity contribution in [2.75, 3.05) is 26.7 Å². The van der Waals surface area contributed by atoms with E-state index in [0.29, 0.717) is 6.42 Å². The third kappa shape index (κ3) is 7.28. The molecule has 0 bridgehead atoms. The zero-order valence-electron chi connectivity index (χ0n) is 12.1. The number of carbonyl (C=O) groups is 1. The number of halogens is 3. The molecule has 5 nitrogen and oxygen atoms in total. The summed E-state index contributed by atoms with van der Waals surface area (Å²) in [7, 11) is 1.65. The summed E-state index contributed by atoms with van der Waals surface area (Å²) in [6, 6.07) is 5.44. The molecule has 0 heterocycles. The van der Waals surface area contributed by atoms with Gasteiger partial charge in [0.2, 0.25) is 5.91 Å². The highest BCUT2D eigenvalue weighted by Crippen LogP contribution is 2.23. The van der Waals surface area contributed by atoms with Gasteiger partial charge in [0.25, 0.3) is 0 Å². The number of hydrogen-bond donors (Lipinski definition) is 3. The van der Waals surface area contributed by atoms with Crippen LogP contribution >= 0.6 is 0 Å². The Labute approximate surface area is 126 Å². The van der Waals surface area contributed by atoms with Crippen molar-refractivity contribution in [2.24, 2.45) is 5.92 Å². The van der Waals surface area contributed by atoms with Gasteiger partial charge in [0.05, 0.1) is 6.54 Å². The van der Waals surface area contributed by atoms with Gasteiger partial charge in [-0.2, -0.15) is 0 Å². The van der Waals surface area contributed by atoms with Crippen LogP contribution in [0.4, 0.5) is 13.2 Å². The average Bonchev–Trinajstić information content (AvgIpc) is 2.44. The molecule has 1 atom stereocenters. The molecule has 0 radical (unpaired) electrons. The first-order chi connectivity index (χ1) is 10.3. The second kappa shape index (κ2) is 8.60. The van der Waals surface area contributed by atoms with E-state index < -0.39 is 6.36 Å². The smallest absolute Gasteiger partial charge is 0.406 e. The van der Waals surface area contributed by atoms with Gasteiger partial charge in [0, 0.05) is 19.1 Å². The van der Waals surface area contributed by atoms with Crippen LogP contribution in [0.25, 0.3) is 0 Å². The number of rotatable bonds is 8. The summed E-state index contributed by atoms with van der Waals surface area (Å²) in [5.74, 6) is -0.691. The van der Waals surface area contributed by atoms with Gasteiger partial charge < -0.3 is 20.5 Å². The minimum Gasteiger partial charge on any atom is -0.406 e. The lowest BCUT2D eigenvalue weighted by atomic mass is 10.00. The van der Waals surface area contributed by atoms with E-state index in [-0.39, 0.29) is 37.3 Å². The number of benzene rings is 1. The number of ether oxygens (including phenoxy) is 1. The summed E-state index contributed by atoms with van der Waals surface area (Å²) in [6.45, 7) is 0.333. The van der Waals surface area contributed by atoms with E-state index in [1.165, 1.54) is 24.3 Å². The van der Waals surface area contributed by atoms with E-state index in [1.54, 1.807) is 7.05 Å². The number of carbonyl (C=O) groups excluding carboxylic acids is 1. The number of hydrogen-bond acceptors (Lipinski definition) is 4.